The molecule has 0 radical (unpaired) electrons. The molecule has 4 aliphatic heterocycles. The maximum Gasteiger partial charge on any atom is 0.315 e. The van der Waals surface area contributed by atoms with Crippen molar-refractivity contribution in [1.82, 2.24) is 16.0 Å². The number of thioether (sulfide) groups is 1. The van der Waals surface area contributed by atoms with E-state index >= 15 is 0 Å². The molecule has 4 saturated heterocycles. The number of hydrogen-bond donors (Lipinski definition) is 12. The number of nitriles is 1. The zero-order valence-electron chi connectivity index (χ0n) is 33.7. The molecule has 13 N–H and O–H groups in total. The van der Waals surface area contributed by atoms with Crippen molar-refractivity contribution >= 4 is 35.4 Å². The number of urea groups is 1. The second-order valence-electron chi connectivity index (χ2n) is 15.5. The fraction of sp³-hybridized carbons (Fsp3) is 0.718. The van der Waals surface area contributed by atoms with Gasteiger partial charge in [-0.2, -0.15) is 17.0 Å². The van der Waals surface area contributed by atoms with Crippen LogP contribution in [-0.2, 0) is 46.2 Å². The largest absolute Gasteiger partial charge is 0.414 e. The molecule has 5 rings (SSSR count). The van der Waals surface area contributed by atoms with Crippen LogP contribution in [0.25, 0.3) is 0 Å². The van der Waals surface area contributed by atoms with Crippen LogP contribution in [0.1, 0.15) is 56.6 Å². The summed E-state index contributed by atoms with van der Waals surface area (Å²) in [6.07, 6.45) is -10.5. The monoisotopic (exact) mass is 885 g/mol. The first kappa shape index (κ1) is 50.0. The molecule has 22 heteroatoms. The standard InChI is InChI=1S/C27H37N5O5S.C12H22O11/c1-2-11-30-26(35)19(14-22(25(29)34)37-16-28)12-17-7-9-18(10-8-17)13-20(33)5-3-4-6-23-24-21(15-38-23)31-27(36)32-24;13-1-3-5(15)6(16)9(19)12(22-3)23-10-4(2-14)21-11(20)8(18)7(10)17/h7-10,19,21-24H,2-6,11-15H2,1H3,(H2,29,34)(H,30,35)(H2,31,32,36);3-20H,1-2H2. The molecule has 21 nitrogen and oxygen atoms in total. The number of carbonyl (C=O) groups excluding carboxylic acids is 4. The highest BCUT2D eigenvalue weighted by atomic mass is 32.2. The van der Waals surface area contributed by atoms with E-state index in [0.717, 1.165) is 42.6 Å². The van der Waals surface area contributed by atoms with Gasteiger partial charge in [0.2, 0.25) is 5.91 Å². The van der Waals surface area contributed by atoms with E-state index in [2.05, 4.69) is 16.0 Å². The second-order valence-corrected chi connectivity index (χ2v) is 16.7. The van der Waals surface area contributed by atoms with Gasteiger partial charge in [0, 0.05) is 42.7 Å². The topological polar surface area (TPSA) is 353 Å². The zero-order chi connectivity index (χ0) is 44.8. The number of primary amides is 1. The number of nitrogens with one attached hydrogen (secondary N) is 3. The molecule has 1 aromatic rings. The third-order valence-electron chi connectivity index (χ3n) is 10.9. The van der Waals surface area contributed by atoms with Crippen molar-refractivity contribution in [2.24, 2.45) is 11.7 Å². The molecule has 342 valence electrons. The fourth-order valence-corrected chi connectivity index (χ4v) is 9.04. The zero-order valence-corrected chi connectivity index (χ0v) is 34.5. The highest BCUT2D eigenvalue weighted by Gasteiger charge is 2.50. The molecule has 4 fully saturated rings. The van der Waals surface area contributed by atoms with Gasteiger partial charge in [-0.05, 0) is 36.8 Å². The number of aliphatic hydroxyl groups is 8. The molecule has 15 unspecified atom stereocenters. The van der Waals surface area contributed by atoms with Gasteiger partial charge >= 0.3 is 6.03 Å². The Labute approximate surface area is 356 Å². The van der Waals surface area contributed by atoms with Crippen molar-refractivity contribution in [3.63, 3.8) is 0 Å². The van der Waals surface area contributed by atoms with Crippen LogP contribution in [0.3, 0.4) is 0 Å². The Kier molecular flexibility index (Phi) is 19.8. The Hall–Kier alpha value is -3.70. The fourth-order valence-electron chi connectivity index (χ4n) is 7.49. The Balaban J connectivity index is 0.000000303. The first-order valence-electron chi connectivity index (χ1n) is 20.3. The number of aliphatic hydroxyl groups excluding tert-OH is 8. The molecule has 15 atom stereocenters. The van der Waals surface area contributed by atoms with E-state index < -0.39 is 92.6 Å². The Morgan fingerprint density at radius 3 is 2.28 bits per heavy atom. The van der Waals surface area contributed by atoms with Crippen LogP contribution in [0.15, 0.2) is 24.3 Å². The molecule has 4 amide bonds. The molecule has 0 bridgehead atoms. The predicted molar refractivity (Wildman–Crippen MR) is 213 cm³/mol. The second kappa shape index (κ2) is 24.2. The summed E-state index contributed by atoms with van der Waals surface area (Å²) in [5.74, 6) is -0.493. The normalized spacial score (nSPS) is 32.8. The Morgan fingerprint density at radius 1 is 0.951 bits per heavy atom. The van der Waals surface area contributed by atoms with Crippen LogP contribution < -0.4 is 21.7 Å². The molecule has 0 spiro atoms. The summed E-state index contributed by atoms with van der Waals surface area (Å²) in [7, 11) is 0. The smallest absolute Gasteiger partial charge is 0.315 e. The van der Waals surface area contributed by atoms with Crippen molar-refractivity contribution in [1.29, 1.82) is 5.26 Å². The lowest BCUT2D eigenvalue weighted by molar-refractivity contribution is -0.355. The molecule has 1 aromatic carbocycles. The number of nitrogens with two attached hydrogens (primary N) is 1. The van der Waals surface area contributed by atoms with E-state index in [-0.39, 0.29) is 36.2 Å². The van der Waals surface area contributed by atoms with Crippen molar-refractivity contribution in [3.8, 4) is 6.26 Å². The van der Waals surface area contributed by atoms with E-state index in [1.54, 1.807) is 0 Å². The number of benzene rings is 1. The number of Topliss-reactive ketones (excluding diaryl/α,β-unsaturated/α-hetero) is 1. The number of unbranched alkanes of at least 4 members (excludes halogenated alkanes) is 1. The highest BCUT2D eigenvalue weighted by Crippen LogP contribution is 2.33. The van der Waals surface area contributed by atoms with Gasteiger partial charge in [-0.3, -0.25) is 14.4 Å². The van der Waals surface area contributed by atoms with E-state index in [9.17, 15) is 54.9 Å². The number of ketones is 1. The SMILES string of the molecule is CCCNC(=O)C(Cc1ccc(CC(=O)CCCCC2SCC3NC(=O)NC32)cc1)CC(OC#N)C(N)=O.OCC1OC(OC2C(CO)OC(O)C(O)C2O)C(O)C(O)C1O. The molecular weight excluding hydrogens is 827 g/mol. The van der Waals surface area contributed by atoms with Crippen LogP contribution in [0.2, 0.25) is 0 Å². The summed E-state index contributed by atoms with van der Waals surface area (Å²) in [5.41, 5.74) is 7.11. The molecule has 0 aromatic heterocycles. The van der Waals surface area contributed by atoms with Crippen LogP contribution in [0.5, 0.6) is 0 Å². The van der Waals surface area contributed by atoms with Crippen LogP contribution in [-0.4, -0.2) is 175 Å². The van der Waals surface area contributed by atoms with Gasteiger partial charge in [-0.15, -0.1) is 0 Å². The summed E-state index contributed by atoms with van der Waals surface area (Å²) in [6, 6.07) is 7.87. The Morgan fingerprint density at radius 2 is 1.64 bits per heavy atom. The van der Waals surface area contributed by atoms with Gasteiger partial charge in [0.05, 0.1) is 25.3 Å². The van der Waals surface area contributed by atoms with E-state index in [4.69, 9.17) is 35.0 Å². The number of amides is 4. The van der Waals surface area contributed by atoms with Gasteiger partial charge in [-0.25, -0.2) is 4.79 Å². The lowest BCUT2D eigenvalue weighted by atomic mass is 9.91. The van der Waals surface area contributed by atoms with Crippen molar-refractivity contribution in [2.75, 3.05) is 25.5 Å². The van der Waals surface area contributed by atoms with Crippen molar-refractivity contribution in [2.45, 2.75) is 143 Å². The third-order valence-corrected chi connectivity index (χ3v) is 12.5. The Bertz CT molecular complexity index is 1620. The summed E-state index contributed by atoms with van der Waals surface area (Å²) in [5, 5.41) is 94.5. The molecule has 0 aliphatic carbocycles. The molecule has 61 heavy (non-hydrogen) atoms. The number of ether oxygens (including phenoxy) is 4. The van der Waals surface area contributed by atoms with Gasteiger partial charge in [0.25, 0.3) is 12.2 Å². The maximum absolute atomic E-state index is 12.7. The summed E-state index contributed by atoms with van der Waals surface area (Å²) in [4.78, 5) is 48.4. The number of nitrogens with zero attached hydrogens (tertiary/aromatic N) is 1. The molecule has 4 heterocycles. The number of fused-ring (bicyclic) bond motifs is 1. The van der Waals surface area contributed by atoms with Gasteiger partial charge in [-0.1, -0.05) is 37.6 Å². The molecular formula is C39H59N5O16S. The van der Waals surface area contributed by atoms with Crippen LogP contribution in [0, 0.1) is 17.4 Å². The quantitative estimate of drug-likeness (QED) is 0.0344. The number of hydrogen-bond acceptors (Lipinski definition) is 18. The summed E-state index contributed by atoms with van der Waals surface area (Å²) >= 11 is 1.88. The number of rotatable bonds is 20. The van der Waals surface area contributed by atoms with E-state index in [1.165, 1.54) is 6.26 Å². The minimum atomic E-state index is -1.74. The summed E-state index contributed by atoms with van der Waals surface area (Å²) in [6.45, 7) is 1.10. The first-order valence-corrected chi connectivity index (χ1v) is 21.3. The lowest BCUT2D eigenvalue weighted by Crippen LogP contribution is -2.64. The average molecular weight is 886 g/mol. The lowest BCUT2D eigenvalue weighted by Gasteiger charge is -2.45. The third kappa shape index (κ3) is 13.9. The molecule has 0 saturated carbocycles. The van der Waals surface area contributed by atoms with Gasteiger partial charge in [0.1, 0.15) is 54.6 Å². The van der Waals surface area contributed by atoms with Crippen LogP contribution in [0.4, 0.5) is 4.79 Å². The average Bonchev–Trinajstić information content (AvgIpc) is 3.80. The van der Waals surface area contributed by atoms with Crippen molar-refractivity contribution in [3.05, 3.63) is 35.4 Å². The number of carbonyl (C=O) groups is 4. The predicted octanol–water partition coefficient (Wildman–Crippen LogP) is -3.45. The summed E-state index contributed by atoms with van der Waals surface area (Å²) < 4.78 is 20.0. The van der Waals surface area contributed by atoms with E-state index in [1.807, 2.05) is 43.0 Å². The van der Waals surface area contributed by atoms with Gasteiger partial charge < -0.3 is 81.5 Å². The maximum atomic E-state index is 12.7. The van der Waals surface area contributed by atoms with Crippen molar-refractivity contribution < 1.29 is 79.0 Å². The highest BCUT2D eigenvalue weighted by molar-refractivity contribution is 8.00. The minimum Gasteiger partial charge on any atom is -0.414 e. The van der Waals surface area contributed by atoms with Gasteiger partial charge in [0.15, 0.2) is 18.7 Å². The molecule has 4 aliphatic rings. The van der Waals surface area contributed by atoms with Crippen LogP contribution >= 0.6 is 11.8 Å². The first-order chi connectivity index (χ1) is 29.1. The minimum absolute atomic E-state index is 0.00231. The van der Waals surface area contributed by atoms with E-state index in [0.29, 0.717) is 31.1 Å².